The van der Waals surface area contributed by atoms with Gasteiger partial charge < -0.3 is 24.6 Å². The maximum Gasteiger partial charge on any atom is 0.255 e. The molecule has 2 aliphatic rings. The van der Waals surface area contributed by atoms with Gasteiger partial charge in [-0.25, -0.2) is 4.98 Å². The SMILES string of the molecule is Cc1ccccc1C(=O)N1CCN(c2ncccc2NC(=O)c2ccc3c(c2)OCO3)CC1. The molecule has 0 unspecified atom stereocenters. The summed E-state index contributed by atoms with van der Waals surface area (Å²) in [5, 5.41) is 2.96. The van der Waals surface area contributed by atoms with Crippen LogP contribution in [-0.2, 0) is 0 Å². The number of hydrogen-bond donors (Lipinski definition) is 1. The van der Waals surface area contributed by atoms with Crippen LogP contribution in [0.1, 0.15) is 26.3 Å². The molecule has 168 valence electrons. The molecule has 5 rings (SSSR count). The molecule has 3 heterocycles. The summed E-state index contributed by atoms with van der Waals surface area (Å²) in [6.07, 6.45) is 1.70. The van der Waals surface area contributed by atoms with E-state index in [4.69, 9.17) is 9.47 Å². The molecule has 0 saturated carbocycles. The molecule has 0 bridgehead atoms. The van der Waals surface area contributed by atoms with Crippen LogP contribution in [0.15, 0.2) is 60.8 Å². The van der Waals surface area contributed by atoms with Crippen molar-refractivity contribution in [3.8, 4) is 11.5 Å². The van der Waals surface area contributed by atoms with E-state index in [1.54, 1.807) is 30.5 Å². The molecular weight excluding hydrogens is 420 g/mol. The maximum atomic E-state index is 12.9. The van der Waals surface area contributed by atoms with Crippen molar-refractivity contribution < 1.29 is 19.1 Å². The van der Waals surface area contributed by atoms with Crippen LogP contribution in [0.4, 0.5) is 11.5 Å². The van der Waals surface area contributed by atoms with Crippen LogP contribution in [0.2, 0.25) is 0 Å². The quantitative estimate of drug-likeness (QED) is 0.665. The molecule has 1 aromatic heterocycles. The zero-order valence-electron chi connectivity index (χ0n) is 18.3. The van der Waals surface area contributed by atoms with E-state index in [-0.39, 0.29) is 18.6 Å². The zero-order chi connectivity index (χ0) is 22.8. The summed E-state index contributed by atoms with van der Waals surface area (Å²) in [4.78, 5) is 34.3. The monoisotopic (exact) mass is 444 g/mol. The largest absolute Gasteiger partial charge is 0.454 e. The van der Waals surface area contributed by atoms with Gasteiger partial charge in [0.05, 0.1) is 5.69 Å². The summed E-state index contributed by atoms with van der Waals surface area (Å²) >= 11 is 0. The molecule has 1 saturated heterocycles. The number of fused-ring (bicyclic) bond motifs is 1. The predicted octanol–water partition coefficient (Wildman–Crippen LogP) is 3.33. The number of carbonyl (C=O) groups excluding carboxylic acids is 2. The predicted molar refractivity (Wildman–Crippen MR) is 124 cm³/mol. The molecule has 1 fully saturated rings. The van der Waals surface area contributed by atoms with Gasteiger partial charge in [0.15, 0.2) is 17.3 Å². The number of rotatable bonds is 4. The van der Waals surface area contributed by atoms with E-state index in [0.717, 1.165) is 11.1 Å². The van der Waals surface area contributed by atoms with Crippen molar-refractivity contribution in [1.82, 2.24) is 9.88 Å². The van der Waals surface area contributed by atoms with E-state index in [1.165, 1.54) is 0 Å². The summed E-state index contributed by atoms with van der Waals surface area (Å²) in [7, 11) is 0. The van der Waals surface area contributed by atoms with Crippen molar-refractivity contribution in [2.45, 2.75) is 6.92 Å². The second kappa shape index (κ2) is 8.82. The molecule has 2 aliphatic heterocycles. The molecule has 0 radical (unpaired) electrons. The lowest BCUT2D eigenvalue weighted by Crippen LogP contribution is -2.49. The second-order valence-electron chi connectivity index (χ2n) is 7.99. The fourth-order valence-corrected chi connectivity index (χ4v) is 4.08. The summed E-state index contributed by atoms with van der Waals surface area (Å²) in [6.45, 7) is 4.53. The van der Waals surface area contributed by atoms with Gasteiger partial charge in [-0.2, -0.15) is 0 Å². The molecule has 1 N–H and O–H groups in total. The number of aromatic nitrogens is 1. The van der Waals surface area contributed by atoms with Gasteiger partial charge in [0.25, 0.3) is 11.8 Å². The Hall–Kier alpha value is -4.07. The van der Waals surface area contributed by atoms with Crippen molar-refractivity contribution in [2.24, 2.45) is 0 Å². The third-order valence-corrected chi connectivity index (χ3v) is 5.91. The first-order valence-corrected chi connectivity index (χ1v) is 10.9. The number of nitrogens with one attached hydrogen (secondary N) is 1. The Morgan fingerprint density at radius 2 is 1.73 bits per heavy atom. The molecular formula is C25H24N4O4. The molecule has 0 atom stereocenters. The molecule has 33 heavy (non-hydrogen) atoms. The summed E-state index contributed by atoms with van der Waals surface area (Å²) in [5.74, 6) is 1.67. The fraction of sp³-hybridized carbons (Fsp3) is 0.240. The number of piperazine rings is 1. The summed E-state index contributed by atoms with van der Waals surface area (Å²) in [5.41, 5.74) is 2.81. The Balaban J connectivity index is 1.27. The topological polar surface area (TPSA) is 84.0 Å². The van der Waals surface area contributed by atoms with Crippen LogP contribution in [0.25, 0.3) is 0 Å². The van der Waals surface area contributed by atoms with E-state index in [0.29, 0.717) is 54.7 Å². The highest BCUT2D eigenvalue weighted by Gasteiger charge is 2.25. The highest BCUT2D eigenvalue weighted by atomic mass is 16.7. The number of carbonyl (C=O) groups is 2. The number of amides is 2. The van der Waals surface area contributed by atoms with Crippen LogP contribution in [0.3, 0.4) is 0 Å². The van der Waals surface area contributed by atoms with Gasteiger partial charge in [-0.05, 0) is 48.9 Å². The van der Waals surface area contributed by atoms with Gasteiger partial charge in [0.1, 0.15) is 0 Å². The lowest BCUT2D eigenvalue weighted by atomic mass is 10.1. The summed E-state index contributed by atoms with van der Waals surface area (Å²) in [6, 6.07) is 16.4. The molecule has 8 heteroatoms. The van der Waals surface area contributed by atoms with Crippen molar-refractivity contribution >= 4 is 23.3 Å². The number of benzene rings is 2. The minimum atomic E-state index is -0.254. The van der Waals surface area contributed by atoms with Gasteiger partial charge in [-0.3, -0.25) is 9.59 Å². The minimum Gasteiger partial charge on any atom is -0.454 e. The lowest BCUT2D eigenvalue weighted by molar-refractivity contribution is 0.0745. The number of hydrogen-bond acceptors (Lipinski definition) is 6. The highest BCUT2D eigenvalue weighted by molar-refractivity contribution is 6.06. The van der Waals surface area contributed by atoms with E-state index in [1.807, 2.05) is 42.2 Å². The molecule has 0 aliphatic carbocycles. The molecule has 8 nitrogen and oxygen atoms in total. The average molecular weight is 444 g/mol. The van der Waals surface area contributed by atoms with E-state index >= 15 is 0 Å². The van der Waals surface area contributed by atoms with Crippen LogP contribution in [-0.4, -0.2) is 54.7 Å². The molecule has 3 aromatic rings. The lowest BCUT2D eigenvalue weighted by Gasteiger charge is -2.36. The van der Waals surface area contributed by atoms with Crippen molar-refractivity contribution in [2.75, 3.05) is 43.2 Å². The number of nitrogens with zero attached hydrogens (tertiary/aromatic N) is 3. The van der Waals surface area contributed by atoms with Crippen molar-refractivity contribution in [3.05, 3.63) is 77.5 Å². The molecule has 2 aromatic carbocycles. The van der Waals surface area contributed by atoms with Gasteiger partial charge >= 0.3 is 0 Å². The van der Waals surface area contributed by atoms with E-state index in [9.17, 15) is 9.59 Å². The standard InChI is InChI=1S/C25H24N4O4/c1-17-5-2-3-6-19(17)25(31)29-13-11-28(12-14-29)23-20(7-4-10-26-23)27-24(30)18-8-9-21-22(15-18)33-16-32-21/h2-10,15H,11-14,16H2,1H3,(H,27,30). The Bertz CT molecular complexity index is 1200. The van der Waals surface area contributed by atoms with Gasteiger partial charge in [0.2, 0.25) is 6.79 Å². The number of pyridine rings is 1. The normalized spacial score (nSPS) is 14.8. The fourth-order valence-electron chi connectivity index (χ4n) is 4.08. The number of aryl methyl sites for hydroxylation is 1. The third kappa shape index (κ3) is 4.19. The third-order valence-electron chi connectivity index (χ3n) is 5.91. The Kier molecular flexibility index (Phi) is 5.56. The maximum absolute atomic E-state index is 12.9. The van der Waals surface area contributed by atoms with Crippen LogP contribution >= 0.6 is 0 Å². The molecule has 0 spiro atoms. The average Bonchev–Trinajstić information content (AvgIpc) is 3.32. The molecule has 2 amide bonds. The first-order valence-electron chi connectivity index (χ1n) is 10.9. The first kappa shape index (κ1) is 20.8. The smallest absolute Gasteiger partial charge is 0.255 e. The highest BCUT2D eigenvalue weighted by Crippen LogP contribution is 2.33. The van der Waals surface area contributed by atoms with Crippen molar-refractivity contribution in [1.29, 1.82) is 0 Å². The van der Waals surface area contributed by atoms with E-state index < -0.39 is 0 Å². The van der Waals surface area contributed by atoms with E-state index in [2.05, 4.69) is 15.2 Å². The zero-order valence-corrected chi connectivity index (χ0v) is 18.3. The Morgan fingerprint density at radius 1 is 0.939 bits per heavy atom. The number of ether oxygens (including phenoxy) is 2. The Labute approximate surface area is 191 Å². The second-order valence-corrected chi connectivity index (χ2v) is 7.99. The number of anilines is 2. The first-order chi connectivity index (χ1) is 16.1. The van der Waals surface area contributed by atoms with Gasteiger partial charge in [-0.1, -0.05) is 18.2 Å². The van der Waals surface area contributed by atoms with Crippen molar-refractivity contribution in [3.63, 3.8) is 0 Å². The summed E-state index contributed by atoms with van der Waals surface area (Å²) < 4.78 is 10.7. The van der Waals surface area contributed by atoms with Crippen LogP contribution < -0.4 is 19.7 Å². The van der Waals surface area contributed by atoms with Gasteiger partial charge in [0, 0.05) is 43.5 Å². The van der Waals surface area contributed by atoms with Crippen LogP contribution in [0.5, 0.6) is 11.5 Å². The minimum absolute atomic E-state index is 0.0464. The van der Waals surface area contributed by atoms with Gasteiger partial charge in [-0.15, -0.1) is 0 Å². The Morgan fingerprint density at radius 3 is 2.55 bits per heavy atom. The van der Waals surface area contributed by atoms with Crippen LogP contribution in [0, 0.1) is 6.92 Å².